The number of ether oxygens (including phenoxy) is 1. The largest absolute Gasteiger partial charge is 0.488 e. The third kappa shape index (κ3) is 4.85. The molecule has 0 saturated heterocycles. The first-order valence-electron chi connectivity index (χ1n) is 11.3. The van der Waals surface area contributed by atoms with Crippen LogP contribution in [0, 0.1) is 5.82 Å². The van der Waals surface area contributed by atoms with E-state index in [-0.39, 0.29) is 36.9 Å². The number of carbonyl (C=O) groups excluding carboxylic acids is 1. The highest BCUT2D eigenvalue weighted by Crippen LogP contribution is 2.31. The highest BCUT2D eigenvalue weighted by Gasteiger charge is 2.29. The maximum absolute atomic E-state index is 14.8. The van der Waals surface area contributed by atoms with Crippen LogP contribution >= 0.6 is 0 Å². The molecule has 1 unspecified atom stereocenters. The molecule has 3 heterocycles. The summed E-state index contributed by atoms with van der Waals surface area (Å²) in [7, 11) is 0. The minimum Gasteiger partial charge on any atom is -0.488 e. The number of anilines is 2. The number of amides is 1. The molecule has 5 rings (SSSR count). The smallest absolute Gasteiger partial charge is 0.258 e. The number of hydrogen-bond acceptors (Lipinski definition) is 7. The lowest BCUT2D eigenvalue weighted by atomic mass is 10.00. The lowest BCUT2D eigenvalue weighted by Gasteiger charge is -2.32. The zero-order chi connectivity index (χ0) is 23.5. The van der Waals surface area contributed by atoms with Crippen LogP contribution in [0.2, 0.25) is 0 Å². The SMILES string of the molecule is O=C1c2cc(Nc3ccnnc3)cc(F)c2OCCN1CC(O)CN1CCc2ccccc2C1. The predicted octanol–water partition coefficient (Wildman–Crippen LogP) is 2.61. The van der Waals surface area contributed by atoms with Gasteiger partial charge in [0.25, 0.3) is 5.91 Å². The van der Waals surface area contributed by atoms with Crippen molar-refractivity contribution in [3.8, 4) is 5.75 Å². The molecule has 176 valence electrons. The Kier molecular flexibility index (Phi) is 6.37. The van der Waals surface area contributed by atoms with E-state index in [1.54, 1.807) is 12.1 Å². The van der Waals surface area contributed by atoms with Gasteiger partial charge in [-0.15, -0.1) is 0 Å². The number of benzene rings is 2. The Bertz CT molecular complexity index is 1180. The van der Waals surface area contributed by atoms with Gasteiger partial charge >= 0.3 is 0 Å². The lowest BCUT2D eigenvalue weighted by molar-refractivity contribution is 0.0501. The summed E-state index contributed by atoms with van der Waals surface area (Å²) < 4.78 is 20.4. The number of aliphatic hydroxyl groups is 1. The summed E-state index contributed by atoms with van der Waals surface area (Å²) in [6.07, 6.45) is 3.23. The molecule has 2 aromatic carbocycles. The third-order valence-corrected chi connectivity index (χ3v) is 6.15. The molecule has 0 bridgehead atoms. The van der Waals surface area contributed by atoms with Crippen molar-refractivity contribution in [2.75, 3.05) is 38.1 Å². The van der Waals surface area contributed by atoms with Gasteiger partial charge in [-0.1, -0.05) is 24.3 Å². The summed E-state index contributed by atoms with van der Waals surface area (Å²) in [5.41, 5.74) is 3.76. The maximum Gasteiger partial charge on any atom is 0.258 e. The predicted molar refractivity (Wildman–Crippen MR) is 125 cm³/mol. The number of nitrogens with one attached hydrogen (secondary N) is 1. The fourth-order valence-electron chi connectivity index (χ4n) is 4.53. The Labute approximate surface area is 197 Å². The van der Waals surface area contributed by atoms with E-state index in [9.17, 15) is 14.3 Å². The van der Waals surface area contributed by atoms with Crippen molar-refractivity contribution in [3.63, 3.8) is 0 Å². The molecule has 0 aliphatic carbocycles. The summed E-state index contributed by atoms with van der Waals surface area (Å²) in [6, 6.07) is 12.9. The summed E-state index contributed by atoms with van der Waals surface area (Å²) >= 11 is 0. The molecular weight excluding hydrogens is 437 g/mol. The fraction of sp³-hybridized carbons (Fsp3) is 0.320. The molecule has 2 aliphatic heterocycles. The number of halogens is 1. The van der Waals surface area contributed by atoms with Gasteiger partial charge in [0.15, 0.2) is 11.6 Å². The molecule has 1 atom stereocenters. The topological polar surface area (TPSA) is 90.8 Å². The van der Waals surface area contributed by atoms with Crippen molar-refractivity contribution in [2.24, 2.45) is 0 Å². The number of rotatable bonds is 6. The molecule has 1 amide bonds. The number of nitrogens with zero attached hydrogens (tertiary/aromatic N) is 4. The van der Waals surface area contributed by atoms with Crippen molar-refractivity contribution in [3.05, 3.63) is 77.4 Å². The van der Waals surface area contributed by atoms with Crippen LogP contribution in [0.25, 0.3) is 0 Å². The fourth-order valence-corrected chi connectivity index (χ4v) is 4.53. The first-order valence-corrected chi connectivity index (χ1v) is 11.3. The standard InChI is InChI=1S/C25H26FN5O3/c26-23-12-20(29-19-5-7-27-28-13-19)11-22-24(23)34-10-9-31(25(22)33)16-21(32)15-30-8-6-17-3-1-2-4-18(17)14-30/h1-5,7,11-13,21,32H,6,8-10,14-16H2,(H,27,29). The van der Waals surface area contributed by atoms with Crippen molar-refractivity contribution < 1.29 is 19.0 Å². The molecule has 2 N–H and O–H groups in total. The molecule has 9 heteroatoms. The van der Waals surface area contributed by atoms with Crippen LogP contribution in [-0.2, 0) is 13.0 Å². The quantitative estimate of drug-likeness (QED) is 0.581. The number of hydrogen-bond donors (Lipinski definition) is 2. The molecule has 3 aromatic rings. The molecule has 1 aromatic heterocycles. The molecule has 0 saturated carbocycles. The Morgan fingerprint density at radius 3 is 2.76 bits per heavy atom. The summed E-state index contributed by atoms with van der Waals surface area (Å²) in [4.78, 5) is 17.0. The van der Waals surface area contributed by atoms with Crippen LogP contribution < -0.4 is 10.1 Å². The van der Waals surface area contributed by atoms with Gasteiger partial charge in [-0.05, 0) is 29.7 Å². The second-order valence-corrected chi connectivity index (χ2v) is 8.60. The van der Waals surface area contributed by atoms with E-state index < -0.39 is 11.9 Å². The Hall–Kier alpha value is -3.56. The Balaban J connectivity index is 1.28. The maximum atomic E-state index is 14.8. The normalized spacial score (nSPS) is 16.8. The van der Waals surface area contributed by atoms with Crippen molar-refractivity contribution in [2.45, 2.75) is 19.1 Å². The van der Waals surface area contributed by atoms with Crippen LogP contribution in [0.5, 0.6) is 5.75 Å². The highest BCUT2D eigenvalue weighted by atomic mass is 19.1. The van der Waals surface area contributed by atoms with Crippen LogP contribution in [0.3, 0.4) is 0 Å². The average molecular weight is 464 g/mol. The summed E-state index contributed by atoms with van der Waals surface area (Å²) in [5.74, 6) is -1.05. The van der Waals surface area contributed by atoms with Gasteiger partial charge in [0.1, 0.15) is 6.61 Å². The zero-order valence-electron chi connectivity index (χ0n) is 18.7. The molecule has 8 nitrogen and oxygen atoms in total. The van der Waals surface area contributed by atoms with E-state index in [1.807, 2.05) is 12.1 Å². The van der Waals surface area contributed by atoms with E-state index in [4.69, 9.17) is 4.74 Å². The lowest BCUT2D eigenvalue weighted by Crippen LogP contribution is -2.44. The van der Waals surface area contributed by atoms with Crippen LogP contribution in [0.15, 0.2) is 54.9 Å². The Morgan fingerprint density at radius 1 is 1.09 bits per heavy atom. The minimum absolute atomic E-state index is 0.0620. The van der Waals surface area contributed by atoms with E-state index >= 15 is 0 Å². The Morgan fingerprint density at radius 2 is 1.94 bits per heavy atom. The first kappa shape index (κ1) is 22.2. The molecular formula is C25H26FN5O3. The van der Waals surface area contributed by atoms with Gasteiger partial charge in [0.05, 0.1) is 36.3 Å². The van der Waals surface area contributed by atoms with Crippen molar-refractivity contribution in [1.29, 1.82) is 0 Å². The van der Waals surface area contributed by atoms with E-state index in [1.165, 1.54) is 34.5 Å². The van der Waals surface area contributed by atoms with E-state index in [0.717, 1.165) is 19.5 Å². The van der Waals surface area contributed by atoms with Gasteiger partial charge in [0.2, 0.25) is 0 Å². The summed E-state index contributed by atoms with van der Waals surface area (Å²) in [5, 5.41) is 21.3. The van der Waals surface area contributed by atoms with Gasteiger partial charge in [-0.2, -0.15) is 10.2 Å². The van der Waals surface area contributed by atoms with Gasteiger partial charge in [0, 0.05) is 37.9 Å². The van der Waals surface area contributed by atoms with Crippen molar-refractivity contribution >= 4 is 17.3 Å². The average Bonchev–Trinajstić information content (AvgIpc) is 2.99. The monoisotopic (exact) mass is 463 g/mol. The number of β-amino-alcohol motifs (C(OH)–C–C–N with tert-alkyl or cyclic N) is 1. The van der Waals surface area contributed by atoms with Crippen LogP contribution in [0.1, 0.15) is 21.5 Å². The highest BCUT2D eigenvalue weighted by molar-refractivity contribution is 5.98. The van der Waals surface area contributed by atoms with Gasteiger partial charge in [-0.25, -0.2) is 4.39 Å². The van der Waals surface area contributed by atoms with Gasteiger partial charge in [-0.3, -0.25) is 9.69 Å². The number of fused-ring (bicyclic) bond motifs is 2. The van der Waals surface area contributed by atoms with Crippen LogP contribution in [0.4, 0.5) is 15.8 Å². The second-order valence-electron chi connectivity index (χ2n) is 8.60. The molecule has 0 fully saturated rings. The summed E-state index contributed by atoms with van der Waals surface area (Å²) in [6.45, 7) is 2.66. The number of aromatic nitrogens is 2. The van der Waals surface area contributed by atoms with E-state index in [2.05, 4.69) is 32.5 Å². The van der Waals surface area contributed by atoms with E-state index in [0.29, 0.717) is 17.9 Å². The molecule has 34 heavy (non-hydrogen) atoms. The molecule has 0 radical (unpaired) electrons. The minimum atomic E-state index is -0.732. The molecule has 2 aliphatic rings. The molecule has 0 spiro atoms. The third-order valence-electron chi connectivity index (χ3n) is 6.15. The first-order chi connectivity index (χ1) is 16.6. The zero-order valence-corrected chi connectivity index (χ0v) is 18.7. The number of carbonyl (C=O) groups is 1. The van der Waals surface area contributed by atoms with Gasteiger partial charge < -0.3 is 20.1 Å². The van der Waals surface area contributed by atoms with Crippen LogP contribution in [-0.4, -0.2) is 69.9 Å². The van der Waals surface area contributed by atoms with Crippen molar-refractivity contribution in [1.82, 2.24) is 20.0 Å². The second kappa shape index (κ2) is 9.74. The number of aliphatic hydroxyl groups excluding tert-OH is 1.